The second-order valence-corrected chi connectivity index (χ2v) is 4.38. The van der Waals surface area contributed by atoms with E-state index in [-0.39, 0.29) is 5.78 Å². The Morgan fingerprint density at radius 2 is 1.94 bits per heavy atom. The van der Waals surface area contributed by atoms with E-state index in [0.717, 1.165) is 21.9 Å². The number of hydrogen-bond donors (Lipinski definition) is 1. The SMILES string of the molecule is Cc1cccc2ccc3c(c12)C=CC(=O)C3O. The summed E-state index contributed by atoms with van der Waals surface area (Å²) in [5.41, 5.74) is 2.83. The number of benzene rings is 2. The Bertz CT molecular complexity index is 653. The minimum Gasteiger partial charge on any atom is -0.380 e. The van der Waals surface area contributed by atoms with Crippen molar-refractivity contribution in [2.45, 2.75) is 13.0 Å². The molecule has 0 spiro atoms. The van der Waals surface area contributed by atoms with E-state index in [2.05, 4.69) is 0 Å². The van der Waals surface area contributed by atoms with E-state index in [1.54, 1.807) is 6.08 Å². The van der Waals surface area contributed by atoms with Gasteiger partial charge in [0, 0.05) is 0 Å². The quantitative estimate of drug-likeness (QED) is 0.747. The van der Waals surface area contributed by atoms with Gasteiger partial charge in [-0.2, -0.15) is 0 Å². The van der Waals surface area contributed by atoms with E-state index in [1.165, 1.54) is 6.08 Å². The number of aryl methyl sites for hydroxylation is 1. The average Bonchev–Trinajstić information content (AvgIpc) is 2.33. The second-order valence-electron chi connectivity index (χ2n) is 4.38. The number of carbonyl (C=O) groups excluding carboxylic acids is 1. The van der Waals surface area contributed by atoms with Gasteiger partial charge in [-0.1, -0.05) is 36.4 Å². The van der Waals surface area contributed by atoms with E-state index in [4.69, 9.17) is 0 Å². The van der Waals surface area contributed by atoms with Gasteiger partial charge in [0.05, 0.1) is 0 Å². The summed E-state index contributed by atoms with van der Waals surface area (Å²) in [6.07, 6.45) is 2.25. The summed E-state index contributed by atoms with van der Waals surface area (Å²) in [5.74, 6) is -0.245. The van der Waals surface area contributed by atoms with Gasteiger partial charge >= 0.3 is 0 Å². The molecule has 0 saturated heterocycles. The first-order valence-electron chi connectivity index (χ1n) is 5.61. The third-order valence-corrected chi connectivity index (χ3v) is 3.31. The Labute approximate surface area is 99.2 Å². The van der Waals surface area contributed by atoms with Crippen LogP contribution in [0.4, 0.5) is 0 Å². The van der Waals surface area contributed by atoms with Crippen LogP contribution < -0.4 is 0 Å². The molecule has 1 aliphatic carbocycles. The third-order valence-electron chi connectivity index (χ3n) is 3.31. The molecule has 0 aliphatic heterocycles. The summed E-state index contributed by atoms with van der Waals surface area (Å²) >= 11 is 0. The molecule has 84 valence electrons. The van der Waals surface area contributed by atoms with E-state index in [0.29, 0.717) is 5.56 Å². The summed E-state index contributed by atoms with van der Waals surface area (Å²) in [4.78, 5) is 11.4. The van der Waals surface area contributed by atoms with E-state index in [1.807, 2.05) is 37.3 Å². The summed E-state index contributed by atoms with van der Waals surface area (Å²) in [7, 11) is 0. The fourth-order valence-corrected chi connectivity index (χ4v) is 2.44. The zero-order valence-electron chi connectivity index (χ0n) is 9.47. The molecule has 2 aromatic rings. The van der Waals surface area contributed by atoms with Gasteiger partial charge < -0.3 is 5.11 Å². The fraction of sp³-hybridized carbons (Fsp3) is 0.133. The largest absolute Gasteiger partial charge is 0.380 e. The van der Waals surface area contributed by atoms with Gasteiger partial charge in [-0.05, 0) is 40.5 Å². The normalized spacial score (nSPS) is 18.5. The molecule has 0 fully saturated rings. The molecule has 3 rings (SSSR count). The van der Waals surface area contributed by atoms with Crippen LogP contribution in [0.3, 0.4) is 0 Å². The van der Waals surface area contributed by atoms with Crippen LogP contribution in [0.15, 0.2) is 36.4 Å². The fourth-order valence-electron chi connectivity index (χ4n) is 2.44. The van der Waals surface area contributed by atoms with Crippen molar-refractivity contribution in [1.29, 1.82) is 0 Å². The number of fused-ring (bicyclic) bond motifs is 3. The van der Waals surface area contributed by atoms with Crippen molar-refractivity contribution in [3.8, 4) is 0 Å². The molecule has 0 aromatic heterocycles. The van der Waals surface area contributed by atoms with Crippen molar-refractivity contribution in [2.75, 3.05) is 0 Å². The average molecular weight is 224 g/mol. The van der Waals surface area contributed by atoms with Crippen LogP contribution in [0.25, 0.3) is 16.8 Å². The topological polar surface area (TPSA) is 37.3 Å². The lowest BCUT2D eigenvalue weighted by molar-refractivity contribution is -0.122. The van der Waals surface area contributed by atoms with Crippen LogP contribution in [-0.4, -0.2) is 10.9 Å². The number of ketones is 1. The standard InChI is InChI=1S/C15H12O2/c1-9-3-2-4-10-5-6-12-11(14(9)10)7-8-13(16)15(12)17/h2-8,15,17H,1H3. The molecule has 0 heterocycles. The van der Waals surface area contributed by atoms with Crippen molar-refractivity contribution < 1.29 is 9.90 Å². The minimum absolute atomic E-state index is 0.245. The van der Waals surface area contributed by atoms with Crippen molar-refractivity contribution in [3.63, 3.8) is 0 Å². The first kappa shape index (κ1) is 10.2. The molecular weight excluding hydrogens is 212 g/mol. The van der Waals surface area contributed by atoms with Gasteiger partial charge in [0.2, 0.25) is 0 Å². The number of carbonyl (C=O) groups is 1. The zero-order chi connectivity index (χ0) is 12.0. The van der Waals surface area contributed by atoms with Gasteiger partial charge in [-0.25, -0.2) is 0 Å². The Kier molecular flexibility index (Phi) is 2.13. The number of aliphatic hydroxyl groups is 1. The van der Waals surface area contributed by atoms with Crippen molar-refractivity contribution >= 4 is 22.6 Å². The lowest BCUT2D eigenvalue weighted by Gasteiger charge is -2.18. The number of aliphatic hydroxyl groups excluding tert-OH is 1. The third kappa shape index (κ3) is 1.41. The maximum atomic E-state index is 11.4. The summed E-state index contributed by atoms with van der Waals surface area (Å²) < 4.78 is 0. The number of rotatable bonds is 0. The van der Waals surface area contributed by atoms with Gasteiger partial charge in [0.15, 0.2) is 5.78 Å². The van der Waals surface area contributed by atoms with Gasteiger partial charge in [0.1, 0.15) is 6.10 Å². The van der Waals surface area contributed by atoms with Crippen LogP contribution in [0, 0.1) is 6.92 Å². The zero-order valence-corrected chi connectivity index (χ0v) is 9.47. The molecule has 2 aromatic carbocycles. The lowest BCUT2D eigenvalue weighted by Crippen LogP contribution is -2.14. The van der Waals surface area contributed by atoms with E-state index < -0.39 is 6.10 Å². The molecule has 1 N–H and O–H groups in total. The molecule has 1 unspecified atom stereocenters. The first-order valence-corrected chi connectivity index (χ1v) is 5.61. The molecule has 1 atom stereocenters. The Morgan fingerprint density at radius 1 is 1.12 bits per heavy atom. The van der Waals surface area contributed by atoms with Gasteiger partial charge in [0.25, 0.3) is 0 Å². The maximum Gasteiger partial charge on any atom is 0.188 e. The molecule has 2 heteroatoms. The molecular formula is C15H12O2. The van der Waals surface area contributed by atoms with E-state index in [9.17, 15) is 9.90 Å². The molecule has 2 nitrogen and oxygen atoms in total. The minimum atomic E-state index is -1.01. The molecule has 0 saturated carbocycles. The van der Waals surface area contributed by atoms with Crippen LogP contribution in [0.1, 0.15) is 22.8 Å². The molecule has 1 aliphatic rings. The highest BCUT2D eigenvalue weighted by Crippen LogP contribution is 2.33. The van der Waals surface area contributed by atoms with E-state index >= 15 is 0 Å². The molecule has 0 bridgehead atoms. The van der Waals surface area contributed by atoms with Gasteiger partial charge in [-0.3, -0.25) is 4.79 Å². The molecule has 0 radical (unpaired) electrons. The highest BCUT2D eigenvalue weighted by Gasteiger charge is 2.23. The van der Waals surface area contributed by atoms with Crippen molar-refractivity contribution in [1.82, 2.24) is 0 Å². The predicted molar refractivity (Wildman–Crippen MR) is 67.7 cm³/mol. The summed E-state index contributed by atoms with van der Waals surface area (Å²) in [6.45, 7) is 2.04. The lowest BCUT2D eigenvalue weighted by atomic mass is 9.88. The smallest absolute Gasteiger partial charge is 0.188 e. The Morgan fingerprint density at radius 3 is 2.76 bits per heavy atom. The van der Waals surface area contributed by atoms with Crippen LogP contribution in [0.5, 0.6) is 0 Å². The van der Waals surface area contributed by atoms with Crippen LogP contribution in [0.2, 0.25) is 0 Å². The Hall–Kier alpha value is -1.93. The highest BCUT2D eigenvalue weighted by molar-refractivity contribution is 6.06. The van der Waals surface area contributed by atoms with Crippen LogP contribution in [-0.2, 0) is 4.79 Å². The second kappa shape index (κ2) is 3.54. The van der Waals surface area contributed by atoms with Crippen LogP contribution >= 0.6 is 0 Å². The molecule has 17 heavy (non-hydrogen) atoms. The Balaban J connectivity index is 2.43. The summed E-state index contributed by atoms with van der Waals surface area (Å²) in [5, 5.41) is 12.1. The maximum absolute atomic E-state index is 11.4. The monoisotopic (exact) mass is 224 g/mol. The molecule has 0 amide bonds. The van der Waals surface area contributed by atoms with Gasteiger partial charge in [-0.15, -0.1) is 0 Å². The summed E-state index contributed by atoms with van der Waals surface area (Å²) in [6, 6.07) is 9.89. The highest BCUT2D eigenvalue weighted by atomic mass is 16.3. The van der Waals surface area contributed by atoms with Crippen molar-refractivity contribution in [2.24, 2.45) is 0 Å². The number of hydrogen-bond acceptors (Lipinski definition) is 2. The first-order chi connectivity index (χ1) is 8.18. The van der Waals surface area contributed by atoms with Crippen molar-refractivity contribution in [3.05, 3.63) is 53.1 Å². The predicted octanol–water partition coefficient (Wildman–Crippen LogP) is 2.78.